The van der Waals surface area contributed by atoms with Crippen LogP contribution in [-0.4, -0.2) is 77.3 Å². The number of carbonyl (C=O) groups excluding carboxylic acids is 2. The summed E-state index contributed by atoms with van der Waals surface area (Å²) in [4.78, 5) is 33.0. The number of Topliss-reactive ketones (excluding diaryl/α,β-unsaturated/α-hetero) is 2. The van der Waals surface area contributed by atoms with Crippen molar-refractivity contribution in [3.63, 3.8) is 0 Å². The Morgan fingerprint density at radius 3 is 2.24 bits per heavy atom. The number of carbonyl (C=O) groups is 2. The molecule has 6 heteroatoms. The predicted molar refractivity (Wildman–Crippen MR) is 115 cm³/mol. The lowest BCUT2D eigenvalue weighted by atomic mass is 9.93. The lowest BCUT2D eigenvalue weighted by Crippen LogP contribution is -2.49. The first kappa shape index (κ1) is 22.2. The van der Waals surface area contributed by atoms with Crippen molar-refractivity contribution in [1.29, 1.82) is 0 Å². The Bertz CT molecular complexity index is 739. The minimum atomic E-state index is -0.170. The molecule has 0 aromatic carbocycles. The zero-order valence-electron chi connectivity index (χ0n) is 18.9. The van der Waals surface area contributed by atoms with E-state index in [4.69, 9.17) is 4.74 Å². The molecule has 6 nitrogen and oxygen atoms in total. The monoisotopic (exact) mass is 403 g/mol. The van der Waals surface area contributed by atoms with E-state index in [1.807, 2.05) is 20.8 Å². The minimum Gasteiger partial charge on any atom is -0.373 e. The minimum absolute atomic E-state index is 0.00974. The average Bonchev–Trinajstić information content (AvgIpc) is 2.94. The van der Waals surface area contributed by atoms with E-state index >= 15 is 0 Å². The van der Waals surface area contributed by atoms with Crippen molar-refractivity contribution in [3.05, 3.63) is 22.5 Å². The summed E-state index contributed by atoms with van der Waals surface area (Å²) >= 11 is 0. The number of aromatic nitrogens is 1. The van der Waals surface area contributed by atoms with Gasteiger partial charge in [-0.25, -0.2) is 0 Å². The first-order valence-electron chi connectivity index (χ1n) is 11.0. The molecule has 2 aliphatic heterocycles. The first-order chi connectivity index (χ1) is 13.7. The van der Waals surface area contributed by atoms with E-state index in [0.717, 1.165) is 56.8 Å². The van der Waals surface area contributed by atoms with Crippen molar-refractivity contribution < 1.29 is 14.3 Å². The van der Waals surface area contributed by atoms with Crippen molar-refractivity contribution in [3.8, 4) is 0 Å². The Kier molecular flexibility index (Phi) is 6.97. The average molecular weight is 404 g/mol. The number of piperidine rings is 1. The van der Waals surface area contributed by atoms with E-state index < -0.39 is 0 Å². The first-order valence-corrected chi connectivity index (χ1v) is 11.0. The third kappa shape index (κ3) is 4.98. The smallest absolute Gasteiger partial charge is 0.196 e. The number of aryl methyl sites for hydroxylation is 1. The number of rotatable bonds is 6. The maximum atomic E-state index is 13.1. The topological polar surface area (TPSA) is 65.6 Å². The molecule has 2 aliphatic rings. The summed E-state index contributed by atoms with van der Waals surface area (Å²) in [6.45, 7) is 16.7. The molecule has 0 radical (unpaired) electrons. The summed E-state index contributed by atoms with van der Waals surface area (Å²) < 4.78 is 5.85. The molecule has 0 spiro atoms. The molecule has 1 aromatic heterocycles. The van der Waals surface area contributed by atoms with Gasteiger partial charge >= 0.3 is 0 Å². The Balaban J connectivity index is 1.56. The Hall–Kier alpha value is -1.50. The van der Waals surface area contributed by atoms with E-state index in [-0.39, 0.29) is 17.6 Å². The largest absolute Gasteiger partial charge is 0.373 e. The van der Waals surface area contributed by atoms with Gasteiger partial charge in [0, 0.05) is 30.9 Å². The molecule has 2 saturated heterocycles. The van der Waals surface area contributed by atoms with E-state index in [1.165, 1.54) is 0 Å². The van der Waals surface area contributed by atoms with E-state index in [9.17, 15) is 9.59 Å². The van der Waals surface area contributed by atoms with Gasteiger partial charge in [0.25, 0.3) is 0 Å². The maximum absolute atomic E-state index is 13.1. The highest BCUT2D eigenvalue weighted by Gasteiger charge is 2.31. The van der Waals surface area contributed by atoms with Crippen LogP contribution in [0.5, 0.6) is 0 Å². The van der Waals surface area contributed by atoms with Gasteiger partial charge < -0.3 is 9.72 Å². The fourth-order valence-electron chi connectivity index (χ4n) is 5.22. The van der Waals surface area contributed by atoms with Crippen molar-refractivity contribution in [2.45, 2.75) is 72.6 Å². The summed E-state index contributed by atoms with van der Waals surface area (Å²) in [7, 11) is 0. The van der Waals surface area contributed by atoms with Gasteiger partial charge in [0.1, 0.15) is 0 Å². The molecular weight excluding hydrogens is 366 g/mol. The van der Waals surface area contributed by atoms with Crippen LogP contribution in [0.15, 0.2) is 0 Å². The molecule has 162 valence electrons. The number of morpholine rings is 1. The zero-order chi connectivity index (χ0) is 21.3. The van der Waals surface area contributed by atoms with Crippen LogP contribution in [0.3, 0.4) is 0 Å². The molecule has 3 rings (SSSR count). The molecule has 2 fully saturated rings. The van der Waals surface area contributed by atoms with Crippen LogP contribution >= 0.6 is 0 Å². The third-order valence-corrected chi connectivity index (χ3v) is 6.62. The SMILES string of the molecule is CC(=O)c1c(C)[nH]c(C(=O)C(C)N2CCC(CN3CC(C)OC(C)C3)CC2)c1C. The number of ketones is 2. The van der Waals surface area contributed by atoms with Gasteiger partial charge in [-0.1, -0.05) is 0 Å². The van der Waals surface area contributed by atoms with Crippen LogP contribution in [0.2, 0.25) is 0 Å². The van der Waals surface area contributed by atoms with Gasteiger partial charge in [-0.05, 0) is 79.0 Å². The highest BCUT2D eigenvalue weighted by atomic mass is 16.5. The molecule has 29 heavy (non-hydrogen) atoms. The maximum Gasteiger partial charge on any atom is 0.196 e. The summed E-state index contributed by atoms with van der Waals surface area (Å²) in [5, 5.41) is 0. The number of likely N-dealkylation sites (tertiary alicyclic amines) is 1. The second kappa shape index (κ2) is 9.11. The molecule has 0 saturated carbocycles. The molecule has 1 aromatic rings. The van der Waals surface area contributed by atoms with E-state index in [1.54, 1.807) is 6.92 Å². The van der Waals surface area contributed by atoms with E-state index in [2.05, 4.69) is 28.6 Å². The molecular formula is C23H37N3O3. The number of nitrogens with zero attached hydrogens (tertiary/aromatic N) is 2. The van der Waals surface area contributed by atoms with E-state index in [0.29, 0.717) is 29.4 Å². The second-order valence-electron chi connectivity index (χ2n) is 9.18. The standard InChI is InChI=1S/C23H37N3O3/c1-14-11-25(12-15(2)29-14)13-20-7-9-26(10-8-20)18(5)23(28)22-16(3)21(19(6)27)17(4)24-22/h14-15,18,20,24H,7-13H2,1-6H3. The van der Waals surface area contributed by atoms with Crippen LogP contribution in [0.25, 0.3) is 0 Å². The molecule has 3 atom stereocenters. The van der Waals surface area contributed by atoms with Gasteiger partial charge in [0.15, 0.2) is 11.6 Å². The van der Waals surface area contributed by atoms with Gasteiger partial charge in [0.05, 0.1) is 23.9 Å². The van der Waals surface area contributed by atoms with Gasteiger partial charge in [-0.2, -0.15) is 0 Å². The Morgan fingerprint density at radius 1 is 1.14 bits per heavy atom. The number of hydrogen-bond donors (Lipinski definition) is 1. The molecule has 0 aliphatic carbocycles. The summed E-state index contributed by atoms with van der Waals surface area (Å²) in [6, 6.07) is -0.170. The van der Waals surface area contributed by atoms with Crippen LogP contribution in [-0.2, 0) is 4.74 Å². The quantitative estimate of drug-likeness (QED) is 0.739. The van der Waals surface area contributed by atoms with Crippen molar-refractivity contribution in [2.24, 2.45) is 5.92 Å². The van der Waals surface area contributed by atoms with Gasteiger partial charge in [-0.15, -0.1) is 0 Å². The highest BCUT2D eigenvalue weighted by molar-refractivity contribution is 6.05. The van der Waals surface area contributed by atoms with Gasteiger partial charge in [-0.3, -0.25) is 19.4 Å². The lowest BCUT2D eigenvalue weighted by molar-refractivity contribution is -0.0733. The summed E-state index contributed by atoms with van der Waals surface area (Å²) in [5.41, 5.74) is 2.84. The number of H-pyrrole nitrogens is 1. The summed E-state index contributed by atoms with van der Waals surface area (Å²) in [6.07, 6.45) is 2.87. The van der Waals surface area contributed by atoms with Crippen LogP contribution in [0.4, 0.5) is 0 Å². The molecule has 0 amide bonds. The number of nitrogens with one attached hydrogen (secondary N) is 1. The third-order valence-electron chi connectivity index (χ3n) is 6.62. The fraction of sp³-hybridized carbons (Fsp3) is 0.739. The van der Waals surface area contributed by atoms with Crippen molar-refractivity contribution in [1.82, 2.24) is 14.8 Å². The zero-order valence-corrected chi connectivity index (χ0v) is 18.9. The second-order valence-corrected chi connectivity index (χ2v) is 9.18. The molecule has 3 unspecified atom stereocenters. The number of aromatic amines is 1. The predicted octanol–water partition coefficient (Wildman–Crippen LogP) is 3.23. The number of hydrogen-bond acceptors (Lipinski definition) is 5. The Labute approximate surface area is 175 Å². The normalized spacial score (nSPS) is 25.9. The number of ether oxygens (including phenoxy) is 1. The van der Waals surface area contributed by atoms with Crippen molar-refractivity contribution >= 4 is 11.6 Å². The van der Waals surface area contributed by atoms with Crippen molar-refractivity contribution in [2.75, 3.05) is 32.7 Å². The molecule has 3 heterocycles. The molecule has 0 bridgehead atoms. The van der Waals surface area contributed by atoms with Gasteiger partial charge in [0.2, 0.25) is 0 Å². The molecule has 1 N–H and O–H groups in total. The van der Waals surface area contributed by atoms with Crippen LogP contribution < -0.4 is 0 Å². The van der Waals surface area contributed by atoms with Crippen LogP contribution in [0.1, 0.15) is 72.6 Å². The lowest BCUT2D eigenvalue weighted by Gasteiger charge is -2.40. The Morgan fingerprint density at radius 2 is 1.72 bits per heavy atom. The van der Waals surface area contributed by atoms with Crippen LogP contribution in [0, 0.1) is 19.8 Å². The summed E-state index contributed by atoms with van der Waals surface area (Å²) in [5.74, 6) is 0.785. The fourth-order valence-corrected chi connectivity index (χ4v) is 5.22. The highest BCUT2D eigenvalue weighted by Crippen LogP contribution is 2.25.